The zero-order chi connectivity index (χ0) is 21.1. The van der Waals surface area contributed by atoms with Gasteiger partial charge in [-0.1, -0.05) is 0 Å². The van der Waals surface area contributed by atoms with Crippen LogP contribution in [0.1, 0.15) is 12.8 Å². The maximum atomic E-state index is 13.1. The summed E-state index contributed by atoms with van der Waals surface area (Å²) in [6, 6.07) is 12.1. The molecule has 1 atom stereocenters. The van der Waals surface area contributed by atoms with Crippen molar-refractivity contribution in [1.29, 1.82) is 0 Å². The number of sulfonamides is 1. The Morgan fingerprint density at radius 2 is 1.87 bits per heavy atom. The molecule has 6 nitrogen and oxygen atoms in total. The van der Waals surface area contributed by atoms with Gasteiger partial charge in [0.15, 0.2) is 0 Å². The molecule has 0 aliphatic carbocycles. The van der Waals surface area contributed by atoms with Gasteiger partial charge in [0.25, 0.3) is 0 Å². The zero-order valence-corrected chi connectivity index (χ0v) is 17.6. The highest BCUT2D eigenvalue weighted by Gasteiger charge is 2.33. The molecule has 1 N–H and O–H groups in total. The number of rotatable bonds is 5. The van der Waals surface area contributed by atoms with Crippen LogP contribution in [0.2, 0.25) is 0 Å². The highest BCUT2D eigenvalue weighted by Crippen LogP contribution is 2.26. The number of nitrogens with one attached hydrogen (secondary N) is 1. The van der Waals surface area contributed by atoms with E-state index in [9.17, 15) is 17.6 Å². The largest absolute Gasteiger partial charge is 0.326 e. The number of nitrogens with zero attached hydrogens (tertiary/aromatic N) is 2. The molecule has 1 unspecified atom stereocenters. The molecule has 1 aliphatic heterocycles. The van der Waals surface area contributed by atoms with E-state index in [1.165, 1.54) is 27.8 Å². The van der Waals surface area contributed by atoms with Gasteiger partial charge >= 0.3 is 0 Å². The van der Waals surface area contributed by atoms with E-state index in [0.717, 1.165) is 22.7 Å². The quantitative estimate of drug-likeness (QED) is 0.644. The Labute approximate surface area is 178 Å². The first-order chi connectivity index (χ1) is 14.4. The van der Waals surface area contributed by atoms with Crippen LogP contribution in [-0.2, 0) is 14.8 Å². The van der Waals surface area contributed by atoms with Crippen LogP contribution in [0.3, 0.4) is 0 Å². The number of anilines is 1. The fourth-order valence-electron chi connectivity index (χ4n) is 3.44. The summed E-state index contributed by atoms with van der Waals surface area (Å²) >= 11 is 1.54. The third-order valence-electron chi connectivity index (χ3n) is 5.04. The van der Waals surface area contributed by atoms with Crippen molar-refractivity contribution >= 4 is 33.0 Å². The Kier molecular flexibility index (Phi) is 5.94. The van der Waals surface area contributed by atoms with Crippen molar-refractivity contribution < 1.29 is 17.6 Å². The number of halogens is 1. The van der Waals surface area contributed by atoms with E-state index >= 15 is 0 Å². The lowest BCUT2D eigenvalue weighted by Crippen LogP contribution is -2.43. The normalized spacial score (nSPS) is 17.6. The number of benzene rings is 2. The lowest BCUT2D eigenvalue weighted by atomic mass is 9.98. The number of amides is 1. The summed E-state index contributed by atoms with van der Waals surface area (Å²) in [4.78, 5) is 17.0. The zero-order valence-electron chi connectivity index (χ0n) is 16.0. The molecule has 2 aromatic carbocycles. The first-order valence-electron chi connectivity index (χ1n) is 9.50. The molecular formula is C21H20FN3O3S2. The van der Waals surface area contributed by atoms with Gasteiger partial charge in [-0.05, 0) is 61.4 Å². The summed E-state index contributed by atoms with van der Waals surface area (Å²) in [5, 5.41) is 5.68. The third kappa shape index (κ3) is 4.43. The Bertz CT molecular complexity index is 1120. The first kappa shape index (κ1) is 20.6. The van der Waals surface area contributed by atoms with Crippen LogP contribution in [0.4, 0.5) is 10.1 Å². The van der Waals surface area contributed by atoms with Crippen LogP contribution >= 0.6 is 11.3 Å². The van der Waals surface area contributed by atoms with Crippen molar-refractivity contribution in [3.05, 3.63) is 65.9 Å². The summed E-state index contributed by atoms with van der Waals surface area (Å²) in [6.07, 6.45) is 2.93. The van der Waals surface area contributed by atoms with Gasteiger partial charge in [0.05, 0.1) is 10.8 Å². The van der Waals surface area contributed by atoms with Crippen molar-refractivity contribution in [3.8, 4) is 10.6 Å². The standard InChI is InChI=1S/C21H20FN3O3S2/c22-17-5-9-19(10-6-17)30(27,28)25-12-1-2-16(14-25)20(26)24-18-7-3-15(4-8-18)21-23-11-13-29-21/h3-11,13,16H,1-2,12,14H2,(H,24,26). The molecule has 9 heteroatoms. The molecule has 0 bridgehead atoms. The van der Waals surface area contributed by atoms with Gasteiger partial charge in [0.1, 0.15) is 10.8 Å². The van der Waals surface area contributed by atoms with Gasteiger partial charge < -0.3 is 5.32 Å². The van der Waals surface area contributed by atoms with Gasteiger partial charge in [0, 0.05) is 35.9 Å². The molecule has 1 saturated heterocycles. The molecule has 30 heavy (non-hydrogen) atoms. The van der Waals surface area contributed by atoms with Crippen LogP contribution < -0.4 is 5.32 Å². The number of aromatic nitrogens is 1. The van der Waals surface area contributed by atoms with Crippen molar-refractivity contribution in [2.24, 2.45) is 5.92 Å². The number of thiazole rings is 1. The van der Waals surface area contributed by atoms with E-state index in [0.29, 0.717) is 25.1 Å². The molecule has 1 fully saturated rings. The third-order valence-corrected chi connectivity index (χ3v) is 7.74. The Balaban J connectivity index is 1.42. The monoisotopic (exact) mass is 445 g/mol. The number of hydrogen-bond acceptors (Lipinski definition) is 5. The SMILES string of the molecule is O=C(Nc1ccc(-c2nccs2)cc1)C1CCCN(S(=O)(=O)c2ccc(F)cc2)C1. The van der Waals surface area contributed by atoms with E-state index in [2.05, 4.69) is 10.3 Å². The van der Waals surface area contributed by atoms with Crippen LogP contribution in [0, 0.1) is 11.7 Å². The molecule has 4 rings (SSSR count). The van der Waals surface area contributed by atoms with Crippen molar-refractivity contribution in [2.75, 3.05) is 18.4 Å². The minimum atomic E-state index is -3.77. The molecular weight excluding hydrogens is 425 g/mol. The maximum absolute atomic E-state index is 13.1. The lowest BCUT2D eigenvalue weighted by molar-refractivity contribution is -0.120. The van der Waals surface area contributed by atoms with Crippen molar-refractivity contribution in [2.45, 2.75) is 17.7 Å². The average molecular weight is 446 g/mol. The highest BCUT2D eigenvalue weighted by molar-refractivity contribution is 7.89. The predicted octanol–water partition coefficient (Wildman–Crippen LogP) is 3.99. The smallest absolute Gasteiger partial charge is 0.243 e. The van der Waals surface area contributed by atoms with Crippen LogP contribution in [0.5, 0.6) is 0 Å². The minimum Gasteiger partial charge on any atom is -0.326 e. The van der Waals surface area contributed by atoms with Crippen LogP contribution in [0.15, 0.2) is 65.0 Å². The molecule has 1 aromatic heterocycles. The van der Waals surface area contributed by atoms with Gasteiger partial charge in [-0.25, -0.2) is 17.8 Å². The van der Waals surface area contributed by atoms with E-state index in [4.69, 9.17) is 0 Å². The molecule has 1 aliphatic rings. The summed E-state index contributed by atoms with van der Waals surface area (Å²) in [6.45, 7) is 0.439. The summed E-state index contributed by atoms with van der Waals surface area (Å²) in [5.74, 6) is -1.16. The van der Waals surface area contributed by atoms with Gasteiger partial charge in [0.2, 0.25) is 15.9 Å². The van der Waals surface area contributed by atoms with Crippen LogP contribution in [0.25, 0.3) is 10.6 Å². The Hall–Kier alpha value is -2.62. The number of hydrogen-bond donors (Lipinski definition) is 1. The lowest BCUT2D eigenvalue weighted by Gasteiger charge is -2.31. The molecule has 156 valence electrons. The van der Waals surface area contributed by atoms with E-state index in [1.807, 2.05) is 29.6 Å². The second-order valence-electron chi connectivity index (χ2n) is 7.06. The summed E-state index contributed by atoms with van der Waals surface area (Å²) < 4.78 is 40.1. The fraction of sp³-hybridized carbons (Fsp3) is 0.238. The van der Waals surface area contributed by atoms with E-state index in [-0.39, 0.29) is 17.3 Å². The van der Waals surface area contributed by atoms with E-state index in [1.54, 1.807) is 6.20 Å². The Morgan fingerprint density at radius 3 is 2.53 bits per heavy atom. The molecule has 0 spiro atoms. The molecule has 0 saturated carbocycles. The number of carbonyl (C=O) groups excluding carboxylic acids is 1. The van der Waals surface area contributed by atoms with Gasteiger partial charge in [-0.2, -0.15) is 4.31 Å². The average Bonchev–Trinajstić information content (AvgIpc) is 3.30. The first-order valence-corrected chi connectivity index (χ1v) is 11.8. The fourth-order valence-corrected chi connectivity index (χ4v) is 5.61. The van der Waals surface area contributed by atoms with Gasteiger partial charge in [-0.3, -0.25) is 4.79 Å². The minimum absolute atomic E-state index is 0.0303. The van der Waals surface area contributed by atoms with Crippen LogP contribution in [-0.4, -0.2) is 36.7 Å². The molecule has 0 radical (unpaired) electrons. The van der Waals surface area contributed by atoms with E-state index < -0.39 is 21.8 Å². The highest BCUT2D eigenvalue weighted by atomic mass is 32.2. The summed E-state index contributed by atoms with van der Waals surface area (Å²) in [5.41, 5.74) is 1.62. The second kappa shape index (κ2) is 8.63. The predicted molar refractivity (Wildman–Crippen MR) is 114 cm³/mol. The molecule has 1 amide bonds. The Morgan fingerprint density at radius 1 is 1.13 bits per heavy atom. The molecule has 3 aromatic rings. The summed E-state index contributed by atoms with van der Waals surface area (Å²) in [7, 11) is -3.77. The number of carbonyl (C=O) groups is 1. The molecule has 2 heterocycles. The van der Waals surface area contributed by atoms with Crippen molar-refractivity contribution in [1.82, 2.24) is 9.29 Å². The number of piperidine rings is 1. The van der Waals surface area contributed by atoms with Crippen molar-refractivity contribution in [3.63, 3.8) is 0 Å². The topological polar surface area (TPSA) is 79.4 Å². The maximum Gasteiger partial charge on any atom is 0.243 e. The van der Waals surface area contributed by atoms with Gasteiger partial charge in [-0.15, -0.1) is 11.3 Å². The second-order valence-corrected chi connectivity index (χ2v) is 9.89.